The summed E-state index contributed by atoms with van der Waals surface area (Å²) in [4.78, 5) is 2.53. The summed E-state index contributed by atoms with van der Waals surface area (Å²) in [5.74, 6) is 1.88. The Morgan fingerprint density at radius 1 is 0.673 bits per heavy atom. The number of ether oxygens (including phenoxy) is 1. The molecule has 0 saturated carbocycles. The van der Waals surface area contributed by atoms with Gasteiger partial charge < -0.3 is 9.64 Å². The average molecular weight is 704 g/mol. The van der Waals surface area contributed by atoms with Crippen molar-refractivity contribution in [3.8, 4) is 16.9 Å². The molecule has 0 saturated heterocycles. The van der Waals surface area contributed by atoms with Crippen LogP contribution in [0.4, 0.5) is 17.1 Å². The molecule has 3 aliphatic carbocycles. The molecular formula is C48H41NOSi2. The number of hydrogen-bond acceptors (Lipinski definition) is 2. The molecule has 3 aliphatic heterocycles. The number of rotatable bonds is 4. The number of anilines is 3. The summed E-state index contributed by atoms with van der Waals surface area (Å²) in [5.41, 5.74) is 15.0. The number of nitrogens with zero attached hydrogens (tertiary/aromatic N) is 1. The molecular weight excluding hydrogens is 663 g/mol. The number of para-hydroxylation sites is 1. The van der Waals surface area contributed by atoms with Gasteiger partial charge in [-0.05, 0) is 119 Å². The van der Waals surface area contributed by atoms with Crippen molar-refractivity contribution >= 4 is 56.7 Å². The highest BCUT2D eigenvalue weighted by Crippen LogP contribution is 2.53. The van der Waals surface area contributed by atoms with E-state index in [1.165, 1.54) is 74.4 Å². The van der Waals surface area contributed by atoms with Gasteiger partial charge in [0.05, 0.1) is 0 Å². The average Bonchev–Trinajstić information content (AvgIpc) is 3.82. The predicted octanol–water partition coefficient (Wildman–Crippen LogP) is 10.6. The molecule has 11 rings (SSSR count). The molecule has 2 nitrogen and oxygen atoms in total. The van der Waals surface area contributed by atoms with Crippen molar-refractivity contribution in [2.45, 2.75) is 63.1 Å². The van der Waals surface area contributed by atoms with E-state index in [1.807, 2.05) is 0 Å². The Bertz CT molecular complexity index is 2430. The molecule has 52 heavy (non-hydrogen) atoms. The Labute approximate surface area is 310 Å². The van der Waals surface area contributed by atoms with E-state index in [1.54, 1.807) is 20.8 Å². The zero-order valence-electron chi connectivity index (χ0n) is 29.8. The number of allylic oxidation sites excluding steroid dienone is 6. The maximum atomic E-state index is 6.78. The van der Waals surface area contributed by atoms with Crippen molar-refractivity contribution in [1.29, 1.82) is 0 Å². The summed E-state index contributed by atoms with van der Waals surface area (Å²) in [6.07, 6.45) is 17.9. The predicted molar refractivity (Wildman–Crippen MR) is 221 cm³/mol. The summed E-state index contributed by atoms with van der Waals surface area (Å²) in [5, 5.41) is 6.46. The van der Waals surface area contributed by atoms with Gasteiger partial charge in [-0.25, -0.2) is 0 Å². The second-order valence-electron chi connectivity index (χ2n) is 15.4. The van der Waals surface area contributed by atoms with Crippen LogP contribution in [-0.2, 0) is 6.42 Å². The Morgan fingerprint density at radius 3 is 2.37 bits per heavy atom. The molecule has 5 aromatic rings. The van der Waals surface area contributed by atoms with E-state index in [4.69, 9.17) is 4.74 Å². The van der Waals surface area contributed by atoms with E-state index in [0.717, 1.165) is 25.0 Å². The van der Waals surface area contributed by atoms with Gasteiger partial charge in [0.15, 0.2) is 0 Å². The fourth-order valence-corrected chi connectivity index (χ4v) is 15.2. The largest absolute Gasteiger partial charge is 0.489 e. The summed E-state index contributed by atoms with van der Waals surface area (Å²) >= 11 is 0. The van der Waals surface area contributed by atoms with Crippen LogP contribution in [0.15, 0.2) is 138 Å². The van der Waals surface area contributed by atoms with Gasteiger partial charge in [0, 0.05) is 34.5 Å². The molecule has 3 heterocycles. The van der Waals surface area contributed by atoms with E-state index >= 15 is 0 Å². The van der Waals surface area contributed by atoms with Crippen LogP contribution in [0.1, 0.15) is 65.3 Å². The van der Waals surface area contributed by atoms with Gasteiger partial charge in [0.25, 0.3) is 0 Å². The zero-order valence-corrected chi connectivity index (χ0v) is 31.8. The first-order chi connectivity index (χ1) is 25.6. The molecule has 4 heteroatoms. The molecule has 0 spiro atoms. The Hall–Kier alpha value is -4.91. The number of benzene rings is 5. The second kappa shape index (κ2) is 11.8. The van der Waals surface area contributed by atoms with Crippen LogP contribution in [0.2, 0.25) is 13.1 Å². The molecule has 3 atom stereocenters. The van der Waals surface area contributed by atoms with Gasteiger partial charge in [-0.1, -0.05) is 120 Å². The third-order valence-corrected chi connectivity index (χ3v) is 18.0. The van der Waals surface area contributed by atoms with Gasteiger partial charge in [0.1, 0.15) is 29.4 Å². The lowest BCUT2D eigenvalue weighted by Crippen LogP contribution is -2.31. The molecule has 0 N–H and O–H groups in total. The topological polar surface area (TPSA) is 12.5 Å². The van der Waals surface area contributed by atoms with Gasteiger partial charge in [0.2, 0.25) is 0 Å². The minimum atomic E-state index is -0.899. The molecule has 252 valence electrons. The SMILES string of the molecule is C[Si]1C2=C(C=CCC2)c2ccc(N(c3ccc(-c4cccc5c4C=CCC5)cc3)c3ccc4c(c3)[Si](C)C3=CCC5c6ccccc6OC5C34)cc21. The number of hydrogen-bond donors (Lipinski definition) is 0. The lowest BCUT2D eigenvalue weighted by atomic mass is 9.78. The minimum absolute atomic E-state index is 0.195. The van der Waals surface area contributed by atoms with E-state index in [2.05, 4.69) is 152 Å². The van der Waals surface area contributed by atoms with Crippen LogP contribution in [0, 0.1) is 0 Å². The van der Waals surface area contributed by atoms with Crippen molar-refractivity contribution in [3.63, 3.8) is 0 Å². The first kappa shape index (κ1) is 30.7. The molecule has 3 unspecified atom stereocenters. The monoisotopic (exact) mass is 703 g/mol. The van der Waals surface area contributed by atoms with Crippen molar-refractivity contribution in [3.05, 3.63) is 166 Å². The summed E-state index contributed by atoms with van der Waals surface area (Å²) in [6, 6.07) is 39.6. The van der Waals surface area contributed by atoms with E-state index in [-0.39, 0.29) is 6.10 Å². The second-order valence-corrected chi connectivity index (χ2v) is 20.1. The lowest BCUT2D eigenvalue weighted by Gasteiger charge is -2.31. The summed E-state index contributed by atoms with van der Waals surface area (Å²) in [7, 11) is -1.66. The van der Waals surface area contributed by atoms with E-state index < -0.39 is 17.6 Å². The van der Waals surface area contributed by atoms with E-state index in [9.17, 15) is 0 Å². The number of aryl methyl sites for hydroxylation is 1. The maximum Gasteiger partial charge on any atom is 0.123 e. The third kappa shape index (κ3) is 4.53. The van der Waals surface area contributed by atoms with Gasteiger partial charge in [-0.3, -0.25) is 0 Å². The van der Waals surface area contributed by atoms with Crippen molar-refractivity contribution < 1.29 is 4.74 Å². The minimum Gasteiger partial charge on any atom is -0.489 e. The standard InChI is InChI=1S/C48H41NOSi2/c1-51-43-17-8-6-14-38(43)39-24-22-33(28-45(39)51)49(32-20-18-31(19-21-32)36-15-9-11-30-10-3-4-12-35(30)36)34-23-25-41-46(29-34)52(2)44-27-26-40-37-13-5-7-16-42(37)50-48(40)47(41)44/h4-7,9,11-16,18-25,27-29,40,47-48H,3,8,10,17,26H2,1-2H3. The van der Waals surface area contributed by atoms with Crippen LogP contribution >= 0.6 is 0 Å². The van der Waals surface area contributed by atoms with Crippen molar-refractivity contribution in [2.75, 3.05) is 4.90 Å². The summed E-state index contributed by atoms with van der Waals surface area (Å²) in [6.45, 7) is 5.02. The van der Waals surface area contributed by atoms with Crippen LogP contribution < -0.4 is 20.0 Å². The Morgan fingerprint density at radius 2 is 1.46 bits per heavy atom. The molecule has 0 amide bonds. The van der Waals surface area contributed by atoms with Gasteiger partial charge >= 0.3 is 0 Å². The van der Waals surface area contributed by atoms with Crippen LogP contribution in [0.25, 0.3) is 22.8 Å². The zero-order chi connectivity index (χ0) is 34.5. The first-order valence-electron chi connectivity index (χ1n) is 19.1. The highest BCUT2D eigenvalue weighted by Gasteiger charge is 2.49. The smallest absolute Gasteiger partial charge is 0.123 e. The molecule has 0 fully saturated rings. The highest BCUT2D eigenvalue weighted by atomic mass is 28.3. The molecule has 5 aromatic carbocycles. The highest BCUT2D eigenvalue weighted by molar-refractivity contribution is 6.82. The Balaban J connectivity index is 1.01. The quantitative estimate of drug-likeness (QED) is 0.173. The normalized spacial score (nSPS) is 22.1. The molecule has 6 aliphatic rings. The fraction of sp³-hybridized carbons (Fsp3) is 0.208. The van der Waals surface area contributed by atoms with Gasteiger partial charge in [-0.15, -0.1) is 0 Å². The van der Waals surface area contributed by atoms with Crippen LogP contribution in [-0.4, -0.2) is 23.7 Å². The van der Waals surface area contributed by atoms with Crippen molar-refractivity contribution in [1.82, 2.24) is 0 Å². The molecule has 0 bridgehead atoms. The lowest BCUT2D eigenvalue weighted by molar-refractivity contribution is 0.182. The molecule has 2 radical (unpaired) electrons. The van der Waals surface area contributed by atoms with E-state index in [0.29, 0.717) is 11.8 Å². The van der Waals surface area contributed by atoms with Crippen molar-refractivity contribution in [2.24, 2.45) is 0 Å². The van der Waals surface area contributed by atoms with Crippen LogP contribution in [0.5, 0.6) is 5.75 Å². The summed E-state index contributed by atoms with van der Waals surface area (Å²) < 4.78 is 6.78. The fourth-order valence-electron chi connectivity index (χ4n) is 10.2. The van der Waals surface area contributed by atoms with Crippen LogP contribution in [0.3, 0.4) is 0 Å². The Kier molecular flexibility index (Phi) is 6.97. The molecule has 0 aromatic heterocycles. The number of fused-ring (bicyclic) bond motifs is 10. The third-order valence-electron chi connectivity index (χ3n) is 12.8. The maximum absolute atomic E-state index is 6.78. The first-order valence-corrected chi connectivity index (χ1v) is 23.1. The van der Waals surface area contributed by atoms with Gasteiger partial charge in [-0.2, -0.15) is 0 Å².